The minimum absolute atomic E-state index is 0.598. The number of aryl methyl sites for hydroxylation is 1. The van der Waals surface area contributed by atoms with E-state index in [1.54, 1.807) is 0 Å². The molecule has 0 aliphatic rings. The van der Waals surface area contributed by atoms with Gasteiger partial charge in [0.1, 0.15) is 5.69 Å². The van der Waals surface area contributed by atoms with Gasteiger partial charge in [-0.1, -0.05) is 48.5 Å². The van der Waals surface area contributed by atoms with Crippen LogP contribution >= 0.6 is 0 Å². The van der Waals surface area contributed by atoms with E-state index in [2.05, 4.69) is 50.6 Å². The largest absolute Gasteiger partial charge is 0.277 e. The molecule has 0 saturated carbocycles. The smallest absolute Gasteiger partial charge is 0.131 e. The summed E-state index contributed by atoms with van der Waals surface area (Å²) >= 11 is 0. The predicted molar refractivity (Wildman–Crippen MR) is 95.8 cm³/mol. The second-order valence-electron chi connectivity index (χ2n) is 5.84. The first-order valence-electron chi connectivity index (χ1n) is 8.26. The average molecular weight is 330 g/mol. The Labute approximate surface area is 145 Å². The van der Waals surface area contributed by atoms with E-state index in [-0.39, 0.29) is 0 Å². The van der Waals surface area contributed by atoms with Gasteiger partial charge in [-0.05, 0) is 23.6 Å². The summed E-state index contributed by atoms with van der Waals surface area (Å²) in [5.74, 6) is 0. The Kier molecular flexibility index (Phi) is 4.08. The summed E-state index contributed by atoms with van der Waals surface area (Å²) in [6.07, 6.45) is 6.61. The third-order valence-electron chi connectivity index (χ3n) is 4.15. The van der Waals surface area contributed by atoms with E-state index in [0.29, 0.717) is 6.54 Å². The molecule has 6 nitrogen and oxygen atoms in total. The van der Waals surface area contributed by atoms with Crippen molar-refractivity contribution in [1.29, 1.82) is 0 Å². The first-order valence-corrected chi connectivity index (χ1v) is 8.26. The highest BCUT2D eigenvalue weighted by Gasteiger charge is 2.10. The van der Waals surface area contributed by atoms with E-state index >= 15 is 0 Å². The summed E-state index contributed by atoms with van der Waals surface area (Å²) in [7, 11) is 0. The van der Waals surface area contributed by atoms with Gasteiger partial charge in [-0.15, -0.1) is 5.10 Å². The monoisotopic (exact) mass is 330 g/mol. The van der Waals surface area contributed by atoms with Gasteiger partial charge in [-0.3, -0.25) is 10.1 Å². The Morgan fingerprint density at radius 1 is 1.00 bits per heavy atom. The van der Waals surface area contributed by atoms with Crippen LogP contribution in [0.15, 0.2) is 61.1 Å². The van der Waals surface area contributed by atoms with Gasteiger partial charge in [-0.2, -0.15) is 5.10 Å². The highest BCUT2D eigenvalue weighted by atomic mass is 15.4. The van der Waals surface area contributed by atoms with Crippen LogP contribution in [-0.4, -0.2) is 30.2 Å². The lowest BCUT2D eigenvalue weighted by molar-refractivity contribution is 0.650. The van der Waals surface area contributed by atoms with Crippen LogP contribution in [0.1, 0.15) is 18.1 Å². The summed E-state index contributed by atoms with van der Waals surface area (Å²) in [5.41, 5.74) is 5.99. The summed E-state index contributed by atoms with van der Waals surface area (Å²) in [4.78, 5) is 4.46. The van der Waals surface area contributed by atoms with E-state index in [4.69, 9.17) is 0 Å². The zero-order chi connectivity index (χ0) is 17.1. The number of hydrogen-bond acceptors (Lipinski definition) is 4. The van der Waals surface area contributed by atoms with Gasteiger partial charge >= 0.3 is 0 Å². The number of rotatable bonds is 5. The van der Waals surface area contributed by atoms with Gasteiger partial charge in [0.25, 0.3) is 0 Å². The van der Waals surface area contributed by atoms with Crippen molar-refractivity contribution in [3.63, 3.8) is 0 Å². The molecule has 0 aliphatic heterocycles. The summed E-state index contributed by atoms with van der Waals surface area (Å²) in [6, 6.07) is 14.2. The molecule has 0 saturated heterocycles. The number of H-pyrrole nitrogens is 1. The van der Waals surface area contributed by atoms with Gasteiger partial charge in [0.2, 0.25) is 0 Å². The zero-order valence-corrected chi connectivity index (χ0v) is 13.9. The highest BCUT2D eigenvalue weighted by molar-refractivity contribution is 5.62. The molecular weight excluding hydrogens is 312 g/mol. The van der Waals surface area contributed by atoms with E-state index < -0.39 is 0 Å². The molecule has 0 aliphatic carbocycles. The van der Waals surface area contributed by atoms with Crippen molar-refractivity contribution < 1.29 is 0 Å². The normalized spacial score (nSPS) is 10.9. The molecule has 4 aromatic rings. The lowest BCUT2D eigenvalue weighted by Gasteiger charge is -2.03. The standard InChI is InChI=1S/C19H18N6/c1-2-14-8-9-17(20-10-14)18-13-25(24-22-18)12-16-11-21-23-19(16)15-6-4-3-5-7-15/h3-11,13H,2,12H2,1H3,(H,21,23). The fourth-order valence-electron chi connectivity index (χ4n) is 2.74. The first kappa shape index (κ1) is 15.3. The fourth-order valence-corrected chi connectivity index (χ4v) is 2.74. The maximum atomic E-state index is 4.46. The summed E-state index contributed by atoms with van der Waals surface area (Å²) in [5, 5.41) is 15.7. The second-order valence-corrected chi connectivity index (χ2v) is 5.84. The van der Waals surface area contributed by atoms with Crippen molar-refractivity contribution in [3.05, 3.63) is 72.2 Å². The second kappa shape index (κ2) is 6.68. The van der Waals surface area contributed by atoms with Gasteiger partial charge in [-0.25, -0.2) is 4.68 Å². The number of nitrogens with zero attached hydrogens (tertiary/aromatic N) is 5. The molecule has 1 N–H and O–H groups in total. The molecule has 0 amide bonds. The van der Waals surface area contributed by atoms with Crippen LogP contribution < -0.4 is 0 Å². The molecule has 124 valence electrons. The number of nitrogens with one attached hydrogen (secondary N) is 1. The van der Waals surface area contributed by atoms with Gasteiger partial charge < -0.3 is 0 Å². The Hall–Kier alpha value is -3.28. The van der Waals surface area contributed by atoms with Gasteiger partial charge in [0, 0.05) is 11.8 Å². The third kappa shape index (κ3) is 3.19. The van der Waals surface area contributed by atoms with Crippen molar-refractivity contribution in [3.8, 4) is 22.6 Å². The summed E-state index contributed by atoms with van der Waals surface area (Å²) in [6.45, 7) is 2.71. The van der Waals surface area contributed by atoms with Crippen LogP contribution in [0.5, 0.6) is 0 Å². The lowest BCUT2D eigenvalue weighted by Crippen LogP contribution is -2.00. The van der Waals surface area contributed by atoms with Crippen molar-refractivity contribution in [2.24, 2.45) is 0 Å². The molecule has 6 heteroatoms. The molecule has 0 unspecified atom stereocenters. The minimum atomic E-state index is 0.598. The van der Waals surface area contributed by atoms with E-state index in [9.17, 15) is 0 Å². The molecule has 0 bridgehead atoms. The maximum absolute atomic E-state index is 4.46. The molecule has 0 spiro atoms. The van der Waals surface area contributed by atoms with Crippen molar-refractivity contribution in [1.82, 2.24) is 30.2 Å². The molecule has 1 aromatic carbocycles. The Balaban J connectivity index is 1.57. The highest BCUT2D eigenvalue weighted by Crippen LogP contribution is 2.22. The van der Waals surface area contributed by atoms with E-state index in [0.717, 1.165) is 34.6 Å². The SMILES string of the molecule is CCc1ccc(-c2cn(Cc3cn[nH]c3-c3ccccc3)nn2)nc1. The number of pyridine rings is 1. The molecule has 25 heavy (non-hydrogen) atoms. The van der Waals surface area contributed by atoms with Crippen molar-refractivity contribution in [2.45, 2.75) is 19.9 Å². The molecule has 3 heterocycles. The van der Waals surface area contributed by atoms with Crippen LogP contribution in [0, 0.1) is 0 Å². The van der Waals surface area contributed by atoms with Crippen LogP contribution in [-0.2, 0) is 13.0 Å². The van der Waals surface area contributed by atoms with Crippen LogP contribution in [0.4, 0.5) is 0 Å². The Morgan fingerprint density at radius 2 is 1.88 bits per heavy atom. The quantitative estimate of drug-likeness (QED) is 0.609. The van der Waals surface area contributed by atoms with E-state index in [1.807, 2.05) is 47.5 Å². The molecular formula is C19H18N6. The molecule has 3 aromatic heterocycles. The number of hydrogen-bond donors (Lipinski definition) is 1. The zero-order valence-electron chi connectivity index (χ0n) is 13.9. The van der Waals surface area contributed by atoms with Crippen LogP contribution in [0.3, 0.4) is 0 Å². The van der Waals surface area contributed by atoms with Crippen LogP contribution in [0.25, 0.3) is 22.6 Å². The summed E-state index contributed by atoms with van der Waals surface area (Å²) < 4.78 is 1.81. The Morgan fingerprint density at radius 3 is 2.64 bits per heavy atom. The van der Waals surface area contributed by atoms with Crippen molar-refractivity contribution in [2.75, 3.05) is 0 Å². The number of aromatic amines is 1. The topological polar surface area (TPSA) is 72.3 Å². The number of aromatic nitrogens is 6. The lowest BCUT2D eigenvalue weighted by atomic mass is 10.1. The van der Waals surface area contributed by atoms with Crippen molar-refractivity contribution >= 4 is 0 Å². The maximum Gasteiger partial charge on any atom is 0.131 e. The molecule has 4 rings (SSSR count). The fraction of sp³-hybridized carbons (Fsp3) is 0.158. The number of benzene rings is 1. The minimum Gasteiger partial charge on any atom is -0.277 e. The first-order chi connectivity index (χ1) is 12.3. The average Bonchev–Trinajstić information content (AvgIpc) is 3.33. The van der Waals surface area contributed by atoms with Crippen LogP contribution in [0.2, 0.25) is 0 Å². The third-order valence-corrected chi connectivity index (χ3v) is 4.15. The molecule has 0 atom stereocenters. The van der Waals surface area contributed by atoms with Gasteiger partial charge in [0.15, 0.2) is 0 Å². The molecule has 0 fully saturated rings. The predicted octanol–water partition coefficient (Wildman–Crippen LogP) is 3.34. The Bertz CT molecular complexity index is 953. The van der Waals surface area contributed by atoms with E-state index in [1.165, 1.54) is 5.56 Å². The van der Waals surface area contributed by atoms with Gasteiger partial charge in [0.05, 0.1) is 30.3 Å². The molecule has 0 radical (unpaired) electrons.